The maximum Gasteiger partial charge on any atom is 0.0705 e. The minimum atomic E-state index is 0.515. The van der Waals surface area contributed by atoms with Gasteiger partial charge in [0.2, 0.25) is 0 Å². The van der Waals surface area contributed by atoms with Crippen molar-refractivity contribution in [1.82, 2.24) is 10.3 Å². The first-order chi connectivity index (χ1) is 8.28. The number of aromatic nitrogens is 1. The van der Waals surface area contributed by atoms with Crippen LogP contribution in [0.5, 0.6) is 0 Å². The van der Waals surface area contributed by atoms with Crippen molar-refractivity contribution < 1.29 is 0 Å². The third kappa shape index (κ3) is 2.05. The summed E-state index contributed by atoms with van der Waals surface area (Å²) in [4.78, 5) is 4.54. The van der Waals surface area contributed by atoms with E-state index in [2.05, 4.69) is 47.7 Å². The highest BCUT2D eigenvalue weighted by Gasteiger charge is 2.31. The summed E-state index contributed by atoms with van der Waals surface area (Å²) in [5, 5.41) is 4.68. The van der Waals surface area contributed by atoms with Gasteiger partial charge in [-0.3, -0.25) is 4.98 Å². The third-order valence-electron chi connectivity index (χ3n) is 3.62. The van der Waals surface area contributed by atoms with E-state index in [9.17, 15) is 0 Å². The van der Waals surface area contributed by atoms with Gasteiger partial charge in [0, 0.05) is 17.1 Å². The maximum absolute atomic E-state index is 4.54. The number of hydrogen-bond acceptors (Lipinski definition) is 2. The van der Waals surface area contributed by atoms with Gasteiger partial charge < -0.3 is 5.32 Å². The fourth-order valence-electron chi connectivity index (χ4n) is 2.54. The molecule has 0 spiro atoms. The standard InChI is InChI=1S/C15H18N2/c1-10-3-4-12-9-13(7-8-14(12)17-10)15(16-2)11-5-6-11/h3-4,7-9,11,15-16H,5-6H2,1-2H3. The van der Waals surface area contributed by atoms with Gasteiger partial charge in [0.25, 0.3) is 0 Å². The van der Waals surface area contributed by atoms with Crippen LogP contribution in [-0.2, 0) is 0 Å². The van der Waals surface area contributed by atoms with E-state index >= 15 is 0 Å². The van der Waals surface area contributed by atoms with Gasteiger partial charge in [-0.1, -0.05) is 12.1 Å². The summed E-state index contributed by atoms with van der Waals surface area (Å²) in [7, 11) is 2.06. The molecule has 0 bridgehead atoms. The fraction of sp³-hybridized carbons (Fsp3) is 0.400. The molecule has 2 nitrogen and oxygen atoms in total. The molecule has 1 aromatic heterocycles. The smallest absolute Gasteiger partial charge is 0.0705 e. The molecule has 3 rings (SSSR count). The topological polar surface area (TPSA) is 24.9 Å². The molecule has 2 heteroatoms. The minimum Gasteiger partial charge on any atom is -0.313 e. The molecule has 1 heterocycles. The lowest BCUT2D eigenvalue weighted by Crippen LogP contribution is -2.18. The normalized spacial score (nSPS) is 17.3. The van der Waals surface area contributed by atoms with Crippen LogP contribution < -0.4 is 5.32 Å². The Kier molecular flexibility index (Phi) is 2.60. The molecule has 0 saturated heterocycles. The Morgan fingerprint density at radius 1 is 1.24 bits per heavy atom. The third-order valence-corrected chi connectivity index (χ3v) is 3.62. The molecule has 1 aliphatic rings. The van der Waals surface area contributed by atoms with Crippen LogP contribution >= 0.6 is 0 Å². The molecule has 88 valence electrons. The Labute approximate surface area is 102 Å². The molecule has 1 atom stereocenters. The zero-order chi connectivity index (χ0) is 11.8. The first-order valence-electron chi connectivity index (χ1n) is 6.32. The molecule has 1 N–H and O–H groups in total. The molecule has 1 saturated carbocycles. The number of nitrogens with one attached hydrogen (secondary N) is 1. The highest BCUT2D eigenvalue weighted by atomic mass is 14.9. The van der Waals surface area contributed by atoms with Crippen molar-refractivity contribution in [2.45, 2.75) is 25.8 Å². The van der Waals surface area contributed by atoms with Gasteiger partial charge >= 0.3 is 0 Å². The van der Waals surface area contributed by atoms with Gasteiger partial charge in [-0.2, -0.15) is 0 Å². The Balaban J connectivity index is 2.03. The Morgan fingerprint density at radius 2 is 2.06 bits per heavy atom. The van der Waals surface area contributed by atoms with Crippen molar-refractivity contribution >= 4 is 10.9 Å². The number of hydrogen-bond donors (Lipinski definition) is 1. The summed E-state index contributed by atoms with van der Waals surface area (Å²) in [6.45, 7) is 2.04. The molecule has 17 heavy (non-hydrogen) atoms. The predicted octanol–water partition coefficient (Wildman–Crippen LogP) is 3.21. The molecule has 2 aromatic rings. The molecular formula is C15H18N2. The van der Waals surface area contributed by atoms with Crippen LogP contribution in [0, 0.1) is 12.8 Å². The van der Waals surface area contributed by atoms with Crippen LogP contribution in [0.1, 0.15) is 30.1 Å². The van der Waals surface area contributed by atoms with Gasteiger partial charge in [-0.15, -0.1) is 0 Å². The molecule has 0 aliphatic heterocycles. The molecule has 1 fully saturated rings. The van der Waals surface area contributed by atoms with Crippen molar-refractivity contribution in [3.63, 3.8) is 0 Å². The van der Waals surface area contributed by atoms with Crippen molar-refractivity contribution in [2.75, 3.05) is 7.05 Å². The van der Waals surface area contributed by atoms with E-state index in [0.29, 0.717) is 6.04 Å². The van der Waals surface area contributed by atoms with E-state index in [4.69, 9.17) is 0 Å². The molecule has 0 radical (unpaired) electrons. The van der Waals surface area contributed by atoms with E-state index in [1.165, 1.54) is 23.8 Å². The second kappa shape index (κ2) is 4.11. The number of fused-ring (bicyclic) bond motifs is 1. The lowest BCUT2D eigenvalue weighted by atomic mass is 10.0. The average Bonchev–Trinajstić information content (AvgIpc) is 3.15. The second-order valence-electron chi connectivity index (χ2n) is 5.01. The summed E-state index contributed by atoms with van der Waals surface area (Å²) in [5.41, 5.74) is 3.57. The largest absolute Gasteiger partial charge is 0.313 e. The quantitative estimate of drug-likeness (QED) is 0.869. The average molecular weight is 226 g/mol. The van der Waals surface area contributed by atoms with Gasteiger partial charge in [0.05, 0.1) is 5.52 Å². The van der Waals surface area contributed by atoms with Crippen LogP contribution in [0.2, 0.25) is 0 Å². The summed E-state index contributed by atoms with van der Waals surface area (Å²) in [5.74, 6) is 0.829. The van der Waals surface area contributed by atoms with Gasteiger partial charge in [0.15, 0.2) is 0 Å². The van der Waals surface area contributed by atoms with Crippen LogP contribution in [0.4, 0.5) is 0 Å². The highest BCUT2D eigenvalue weighted by molar-refractivity contribution is 5.79. The molecule has 1 aliphatic carbocycles. The fourth-order valence-corrected chi connectivity index (χ4v) is 2.54. The van der Waals surface area contributed by atoms with Crippen molar-refractivity contribution in [3.05, 3.63) is 41.6 Å². The summed E-state index contributed by atoms with van der Waals surface area (Å²) in [6.07, 6.45) is 2.71. The number of nitrogens with zero attached hydrogens (tertiary/aromatic N) is 1. The summed E-state index contributed by atoms with van der Waals surface area (Å²) < 4.78 is 0. The Bertz CT molecular complexity index is 544. The van der Waals surface area contributed by atoms with Gasteiger partial charge in [0.1, 0.15) is 0 Å². The van der Waals surface area contributed by atoms with Crippen LogP contribution in [0.3, 0.4) is 0 Å². The first-order valence-corrected chi connectivity index (χ1v) is 6.32. The first kappa shape index (κ1) is 10.7. The number of aryl methyl sites for hydroxylation is 1. The Hall–Kier alpha value is -1.41. The van der Waals surface area contributed by atoms with E-state index in [1.807, 2.05) is 6.92 Å². The number of pyridine rings is 1. The number of rotatable bonds is 3. The van der Waals surface area contributed by atoms with E-state index < -0.39 is 0 Å². The molecule has 1 aromatic carbocycles. The van der Waals surface area contributed by atoms with Crippen molar-refractivity contribution in [1.29, 1.82) is 0 Å². The highest BCUT2D eigenvalue weighted by Crippen LogP contribution is 2.41. The molecule has 1 unspecified atom stereocenters. The number of benzene rings is 1. The molecular weight excluding hydrogens is 208 g/mol. The Morgan fingerprint density at radius 3 is 2.76 bits per heavy atom. The second-order valence-corrected chi connectivity index (χ2v) is 5.01. The van der Waals surface area contributed by atoms with Gasteiger partial charge in [-0.05, 0) is 56.5 Å². The lowest BCUT2D eigenvalue weighted by molar-refractivity contribution is 0.529. The van der Waals surface area contributed by atoms with Crippen LogP contribution in [-0.4, -0.2) is 12.0 Å². The zero-order valence-electron chi connectivity index (χ0n) is 10.4. The van der Waals surface area contributed by atoms with Crippen LogP contribution in [0.15, 0.2) is 30.3 Å². The minimum absolute atomic E-state index is 0.515. The SMILES string of the molecule is CNC(c1ccc2nc(C)ccc2c1)C1CC1. The zero-order valence-corrected chi connectivity index (χ0v) is 10.4. The van der Waals surface area contributed by atoms with E-state index in [-0.39, 0.29) is 0 Å². The monoisotopic (exact) mass is 226 g/mol. The van der Waals surface area contributed by atoms with E-state index in [0.717, 1.165) is 17.1 Å². The summed E-state index contributed by atoms with van der Waals surface area (Å²) in [6, 6.07) is 11.4. The van der Waals surface area contributed by atoms with Crippen molar-refractivity contribution in [3.8, 4) is 0 Å². The predicted molar refractivity (Wildman–Crippen MR) is 71.0 cm³/mol. The molecule has 0 amide bonds. The summed E-state index contributed by atoms with van der Waals surface area (Å²) >= 11 is 0. The van der Waals surface area contributed by atoms with E-state index in [1.54, 1.807) is 0 Å². The lowest BCUT2D eigenvalue weighted by Gasteiger charge is -2.16. The van der Waals surface area contributed by atoms with Gasteiger partial charge in [-0.25, -0.2) is 0 Å². The van der Waals surface area contributed by atoms with Crippen molar-refractivity contribution in [2.24, 2.45) is 5.92 Å². The maximum atomic E-state index is 4.54. The van der Waals surface area contributed by atoms with Crippen LogP contribution in [0.25, 0.3) is 10.9 Å².